The van der Waals surface area contributed by atoms with Crippen LogP contribution in [0.4, 0.5) is 5.69 Å². The van der Waals surface area contributed by atoms with E-state index in [1.165, 1.54) is 0 Å². The van der Waals surface area contributed by atoms with Crippen molar-refractivity contribution in [3.05, 3.63) is 144 Å². The maximum Gasteiger partial charge on any atom is 0.185 e. The van der Waals surface area contributed by atoms with Crippen molar-refractivity contribution >= 4 is 39.8 Å². The summed E-state index contributed by atoms with van der Waals surface area (Å²) in [6.45, 7) is 0. The van der Waals surface area contributed by atoms with Gasteiger partial charge < -0.3 is 4.90 Å². The molecule has 2 aliphatic heterocycles. The summed E-state index contributed by atoms with van der Waals surface area (Å²) in [5.74, 6) is -0.315. The molecule has 0 amide bonds. The molecule has 4 aromatic carbocycles. The van der Waals surface area contributed by atoms with E-state index in [1.54, 1.807) is 0 Å². The Morgan fingerprint density at radius 2 is 1.31 bits per heavy atom. The number of benzene rings is 4. The minimum atomic E-state index is -0.472. The fourth-order valence-corrected chi connectivity index (χ4v) is 6.20. The molecule has 7 rings (SSSR count). The molecule has 3 heterocycles. The maximum atomic E-state index is 14.1. The lowest BCUT2D eigenvalue weighted by Crippen LogP contribution is -2.45. The summed E-state index contributed by atoms with van der Waals surface area (Å²) in [7, 11) is 0. The van der Waals surface area contributed by atoms with Crippen LogP contribution in [0.25, 0.3) is 22.6 Å². The molecule has 2 aliphatic rings. The number of ketones is 2. The lowest BCUT2D eigenvalue weighted by molar-refractivity contribution is 0.0914. The minimum Gasteiger partial charge on any atom is -0.353 e. The summed E-state index contributed by atoms with van der Waals surface area (Å²) in [5, 5.41) is 1.07. The lowest BCUT2D eigenvalue weighted by Gasteiger charge is -2.38. The monoisotopic (exact) mass is 506 g/mol. The van der Waals surface area contributed by atoms with Crippen LogP contribution >= 0.6 is 0 Å². The van der Waals surface area contributed by atoms with Gasteiger partial charge in [0.15, 0.2) is 11.6 Å². The van der Waals surface area contributed by atoms with Crippen molar-refractivity contribution in [3.8, 4) is 0 Å². The number of hydrogen-bond donors (Lipinski definition) is 0. The van der Waals surface area contributed by atoms with Crippen LogP contribution in [-0.2, 0) is 0 Å². The molecule has 188 valence electrons. The smallest absolute Gasteiger partial charge is 0.185 e. The van der Waals surface area contributed by atoms with Gasteiger partial charge in [-0.05, 0) is 36.3 Å². The zero-order valence-electron chi connectivity index (χ0n) is 21.3. The van der Waals surface area contributed by atoms with E-state index in [2.05, 4.69) is 35.2 Å². The average molecular weight is 507 g/mol. The van der Waals surface area contributed by atoms with Gasteiger partial charge in [-0.15, -0.1) is 0 Å². The molecule has 0 unspecified atom stereocenters. The molecule has 1 fully saturated rings. The van der Waals surface area contributed by atoms with E-state index < -0.39 is 12.0 Å². The Bertz CT molecular complexity index is 1740. The minimum absolute atomic E-state index is 0.0338. The molecular formula is C35H26N2O2. The number of fused-ring (bicyclic) bond motifs is 4. The van der Waals surface area contributed by atoms with E-state index in [0.717, 1.165) is 33.4 Å². The fourth-order valence-electron chi connectivity index (χ4n) is 6.20. The Morgan fingerprint density at radius 1 is 0.667 bits per heavy atom. The number of carbonyl (C=O) groups excluding carboxylic acids is 2. The predicted molar refractivity (Wildman–Crippen MR) is 156 cm³/mol. The molecule has 39 heavy (non-hydrogen) atoms. The Morgan fingerprint density at radius 3 is 2.08 bits per heavy atom. The summed E-state index contributed by atoms with van der Waals surface area (Å²) >= 11 is 0. The second kappa shape index (κ2) is 9.48. The third kappa shape index (κ3) is 3.96. The summed E-state index contributed by atoms with van der Waals surface area (Å²) in [6.07, 6.45) is 2.60. The molecule has 0 aliphatic carbocycles. The molecular weight excluding hydrogens is 480 g/mol. The molecule has 0 spiro atoms. The van der Waals surface area contributed by atoms with Crippen LogP contribution in [0.15, 0.2) is 121 Å². The highest BCUT2D eigenvalue weighted by molar-refractivity contribution is 6.09. The molecule has 0 saturated carbocycles. The van der Waals surface area contributed by atoms with E-state index in [1.807, 2.05) is 97.1 Å². The number of aromatic nitrogens is 1. The first-order chi connectivity index (χ1) is 19.2. The van der Waals surface area contributed by atoms with Crippen LogP contribution in [-0.4, -0.2) is 28.6 Å². The van der Waals surface area contributed by atoms with Crippen molar-refractivity contribution in [3.63, 3.8) is 0 Å². The average Bonchev–Trinajstić information content (AvgIpc) is 3.41. The number of Topliss-reactive ketones (excluding diaryl/α,β-unsaturated/α-hetero) is 2. The van der Waals surface area contributed by atoms with Crippen LogP contribution < -0.4 is 4.90 Å². The molecule has 0 N–H and O–H groups in total. The molecule has 5 aromatic rings. The Balaban J connectivity index is 1.42. The van der Waals surface area contributed by atoms with Crippen LogP contribution in [0.2, 0.25) is 0 Å². The van der Waals surface area contributed by atoms with Crippen molar-refractivity contribution in [2.75, 3.05) is 4.90 Å². The van der Waals surface area contributed by atoms with Crippen LogP contribution in [0, 0.1) is 5.92 Å². The van der Waals surface area contributed by atoms with Gasteiger partial charge in [0.1, 0.15) is 0 Å². The van der Waals surface area contributed by atoms with Crippen molar-refractivity contribution in [2.45, 2.75) is 18.5 Å². The molecule has 0 radical (unpaired) electrons. The summed E-state index contributed by atoms with van der Waals surface area (Å²) in [5.41, 5.74) is 6.03. The van der Waals surface area contributed by atoms with Crippen LogP contribution in [0.5, 0.6) is 0 Å². The van der Waals surface area contributed by atoms with Gasteiger partial charge in [-0.1, -0.05) is 103 Å². The number of pyridine rings is 1. The van der Waals surface area contributed by atoms with E-state index in [-0.39, 0.29) is 17.6 Å². The van der Waals surface area contributed by atoms with Gasteiger partial charge in [0.25, 0.3) is 0 Å². The standard InChI is InChI=1S/C35H26N2O2/c38-34(24-12-3-1-4-13-24)28-22-32(35(39)25-14-5-2-6-15-25)37-31-18-10-8-16-26(31)21-27(33(28)37)30-20-19-23-11-7-9-17-29(23)36-30/h1-21,28,32-33H,22H2/t28-,32+,33-/m1/s1. The van der Waals surface area contributed by atoms with Gasteiger partial charge in [0.2, 0.25) is 0 Å². The number of nitrogens with zero attached hydrogens (tertiary/aromatic N) is 2. The molecule has 4 nitrogen and oxygen atoms in total. The SMILES string of the molecule is O=C(c1ccccc1)[C@@H]1C[C@@H](C(=O)c2ccccc2)N2c3ccccc3C=C(c3ccc4ccccc4n3)[C@H]12. The van der Waals surface area contributed by atoms with Gasteiger partial charge >= 0.3 is 0 Å². The quantitative estimate of drug-likeness (QED) is 0.238. The first kappa shape index (κ1) is 23.3. The first-order valence-electron chi connectivity index (χ1n) is 13.3. The Hall–Kier alpha value is -4.83. The molecule has 1 saturated heterocycles. The van der Waals surface area contributed by atoms with Crippen molar-refractivity contribution < 1.29 is 9.59 Å². The fraction of sp³-hybridized carbons (Fsp3) is 0.114. The predicted octanol–water partition coefficient (Wildman–Crippen LogP) is 7.12. The number of anilines is 1. The maximum absolute atomic E-state index is 14.1. The van der Waals surface area contributed by atoms with Gasteiger partial charge in [0.05, 0.1) is 23.3 Å². The molecule has 3 atom stereocenters. The van der Waals surface area contributed by atoms with Gasteiger partial charge in [-0.3, -0.25) is 9.59 Å². The zero-order chi connectivity index (χ0) is 26.3. The third-order valence-corrected chi connectivity index (χ3v) is 7.99. The summed E-state index contributed by atoms with van der Waals surface area (Å²) in [6, 6.07) is 38.4. The second-order valence-corrected chi connectivity index (χ2v) is 10.2. The van der Waals surface area contributed by atoms with Crippen LogP contribution in [0.3, 0.4) is 0 Å². The van der Waals surface area contributed by atoms with Crippen molar-refractivity contribution in [1.29, 1.82) is 0 Å². The number of carbonyl (C=O) groups is 2. The highest BCUT2D eigenvalue weighted by Crippen LogP contribution is 2.48. The van der Waals surface area contributed by atoms with Gasteiger partial charge in [-0.2, -0.15) is 0 Å². The number of para-hydroxylation sites is 2. The van der Waals surface area contributed by atoms with E-state index >= 15 is 0 Å². The first-order valence-corrected chi connectivity index (χ1v) is 13.3. The number of rotatable bonds is 5. The third-order valence-electron chi connectivity index (χ3n) is 7.99. The van der Waals surface area contributed by atoms with Crippen molar-refractivity contribution in [2.24, 2.45) is 5.92 Å². The lowest BCUT2D eigenvalue weighted by atomic mass is 9.82. The van der Waals surface area contributed by atoms with Crippen molar-refractivity contribution in [1.82, 2.24) is 4.98 Å². The van der Waals surface area contributed by atoms with E-state index in [9.17, 15) is 9.59 Å². The second-order valence-electron chi connectivity index (χ2n) is 10.2. The molecule has 4 heteroatoms. The Kier molecular flexibility index (Phi) is 5.66. The summed E-state index contributed by atoms with van der Waals surface area (Å²) < 4.78 is 0. The number of hydrogen-bond acceptors (Lipinski definition) is 4. The highest BCUT2D eigenvalue weighted by Gasteiger charge is 2.51. The molecule has 1 aromatic heterocycles. The molecule has 0 bridgehead atoms. The normalized spacial score (nSPS) is 19.7. The van der Waals surface area contributed by atoms with Gasteiger partial charge in [0, 0.05) is 33.7 Å². The highest BCUT2D eigenvalue weighted by atomic mass is 16.1. The largest absolute Gasteiger partial charge is 0.353 e. The van der Waals surface area contributed by atoms with E-state index in [4.69, 9.17) is 4.98 Å². The topological polar surface area (TPSA) is 50.3 Å². The Labute approximate surface area is 227 Å². The van der Waals surface area contributed by atoms with Gasteiger partial charge in [-0.25, -0.2) is 4.98 Å². The van der Waals surface area contributed by atoms with E-state index in [0.29, 0.717) is 17.5 Å². The van der Waals surface area contributed by atoms with Crippen LogP contribution in [0.1, 0.15) is 38.4 Å². The summed E-state index contributed by atoms with van der Waals surface area (Å²) in [4.78, 5) is 35.4. The zero-order valence-corrected chi connectivity index (χ0v) is 21.3.